The lowest BCUT2D eigenvalue weighted by Crippen LogP contribution is -2.19. The quantitative estimate of drug-likeness (QED) is 0.587. The van der Waals surface area contributed by atoms with Crippen LogP contribution in [0.15, 0.2) is 34.8 Å². The Balaban J connectivity index is 2.20. The monoisotopic (exact) mass is 315 g/mol. The normalized spacial score (nSPS) is 11.3. The van der Waals surface area contributed by atoms with Crippen molar-refractivity contribution in [3.63, 3.8) is 0 Å². The van der Waals surface area contributed by atoms with Gasteiger partial charge in [-0.25, -0.2) is 4.39 Å². The summed E-state index contributed by atoms with van der Waals surface area (Å²) in [6.45, 7) is 2.57. The molecule has 0 radical (unpaired) electrons. The van der Waals surface area contributed by atoms with Crippen LogP contribution < -0.4 is 5.32 Å². The first-order valence-electron chi connectivity index (χ1n) is 6.02. The van der Waals surface area contributed by atoms with Gasteiger partial charge in [-0.15, -0.1) is 0 Å². The second-order valence-corrected chi connectivity index (χ2v) is 4.80. The van der Waals surface area contributed by atoms with Crippen LogP contribution in [0.2, 0.25) is 0 Å². The third-order valence-corrected chi connectivity index (χ3v) is 3.23. The predicted molar refractivity (Wildman–Crippen MR) is 76.3 cm³/mol. The zero-order valence-electron chi connectivity index (χ0n) is 10.6. The van der Waals surface area contributed by atoms with Crippen LogP contribution in [0.25, 0.3) is 0 Å². The fourth-order valence-electron chi connectivity index (χ4n) is 1.50. The van der Waals surface area contributed by atoms with Crippen molar-refractivity contribution in [3.05, 3.63) is 46.2 Å². The summed E-state index contributed by atoms with van der Waals surface area (Å²) >= 11 is 3.36. The molecule has 2 nitrogen and oxygen atoms in total. The van der Waals surface area contributed by atoms with E-state index in [9.17, 15) is 4.39 Å². The van der Waals surface area contributed by atoms with E-state index in [1.54, 1.807) is 13.2 Å². The minimum Gasteiger partial charge on any atom is -0.383 e. The Morgan fingerprint density at radius 1 is 1.33 bits per heavy atom. The van der Waals surface area contributed by atoms with Crippen molar-refractivity contribution in [2.24, 2.45) is 0 Å². The number of rotatable bonds is 8. The van der Waals surface area contributed by atoms with Crippen molar-refractivity contribution in [2.75, 3.05) is 26.8 Å². The second kappa shape index (κ2) is 9.25. The highest BCUT2D eigenvalue weighted by atomic mass is 79.9. The maximum Gasteiger partial charge on any atom is 0.124 e. The van der Waals surface area contributed by atoms with E-state index in [0.717, 1.165) is 42.6 Å². The average molecular weight is 316 g/mol. The number of nitrogens with one attached hydrogen (secondary N) is 1. The van der Waals surface area contributed by atoms with E-state index >= 15 is 0 Å². The van der Waals surface area contributed by atoms with Crippen LogP contribution in [0.3, 0.4) is 0 Å². The lowest BCUT2D eigenvalue weighted by Gasteiger charge is -2.02. The summed E-state index contributed by atoms with van der Waals surface area (Å²) in [5.41, 5.74) is 1.10. The number of hydrogen-bond acceptors (Lipinski definition) is 2. The van der Waals surface area contributed by atoms with E-state index < -0.39 is 0 Å². The zero-order chi connectivity index (χ0) is 13.2. The molecule has 1 N–H and O–H groups in total. The number of ether oxygens (including phenoxy) is 1. The Morgan fingerprint density at radius 2 is 2.17 bits per heavy atom. The largest absolute Gasteiger partial charge is 0.383 e. The Labute approximate surface area is 116 Å². The summed E-state index contributed by atoms with van der Waals surface area (Å²) in [4.78, 5) is 0. The van der Waals surface area contributed by atoms with E-state index in [4.69, 9.17) is 4.74 Å². The summed E-state index contributed by atoms with van der Waals surface area (Å²) < 4.78 is 18.6. The summed E-state index contributed by atoms with van der Waals surface area (Å²) in [5.74, 6) is -0.211. The van der Waals surface area contributed by atoms with Crippen molar-refractivity contribution >= 4 is 15.9 Å². The summed E-state index contributed by atoms with van der Waals surface area (Å²) in [5, 5.41) is 3.27. The van der Waals surface area contributed by atoms with Gasteiger partial charge in [-0.2, -0.15) is 0 Å². The van der Waals surface area contributed by atoms with Gasteiger partial charge in [0.25, 0.3) is 0 Å². The minimum atomic E-state index is -0.211. The van der Waals surface area contributed by atoms with Gasteiger partial charge in [-0.05, 0) is 37.1 Å². The summed E-state index contributed by atoms with van der Waals surface area (Å²) in [6, 6.07) is 4.79. The molecule has 4 heteroatoms. The van der Waals surface area contributed by atoms with Gasteiger partial charge in [0.2, 0.25) is 0 Å². The molecule has 0 bridgehead atoms. The first kappa shape index (κ1) is 15.3. The van der Waals surface area contributed by atoms with Crippen molar-refractivity contribution in [1.29, 1.82) is 0 Å². The van der Waals surface area contributed by atoms with Gasteiger partial charge in [0.15, 0.2) is 0 Å². The number of methoxy groups -OCH3 is 1. The Hall–Kier alpha value is -0.710. The smallest absolute Gasteiger partial charge is 0.124 e. The fourth-order valence-corrected chi connectivity index (χ4v) is 2.01. The topological polar surface area (TPSA) is 21.3 Å². The van der Waals surface area contributed by atoms with Crippen molar-refractivity contribution in [1.82, 2.24) is 5.32 Å². The van der Waals surface area contributed by atoms with Gasteiger partial charge in [-0.1, -0.05) is 34.1 Å². The predicted octanol–water partition coefficient (Wildman–Crippen LogP) is 3.31. The Kier molecular flexibility index (Phi) is 7.89. The molecule has 0 aliphatic rings. The molecule has 1 rings (SSSR count). The van der Waals surface area contributed by atoms with E-state index in [0.29, 0.717) is 0 Å². The first-order valence-corrected chi connectivity index (χ1v) is 6.82. The molecule has 0 heterocycles. The molecular formula is C14H19BrFNO. The van der Waals surface area contributed by atoms with Crippen LogP contribution >= 0.6 is 15.9 Å². The molecule has 0 spiro atoms. The van der Waals surface area contributed by atoms with E-state index in [1.165, 1.54) is 12.1 Å². The van der Waals surface area contributed by atoms with Gasteiger partial charge >= 0.3 is 0 Å². The third-order valence-electron chi connectivity index (χ3n) is 2.49. The molecular weight excluding hydrogens is 297 g/mol. The van der Waals surface area contributed by atoms with Crippen molar-refractivity contribution in [3.8, 4) is 0 Å². The van der Waals surface area contributed by atoms with Crippen molar-refractivity contribution < 1.29 is 9.13 Å². The van der Waals surface area contributed by atoms with Crippen LogP contribution in [-0.4, -0.2) is 26.8 Å². The number of halogens is 2. The van der Waals surface area contributed by atoms with Gasteiger partial charge < -0.3 is 10.1 Å². The molecule has 0 aliphatic carbocycles. The average Bonchev–Trinajstić information content (AvgIpc) is 2.35. The number of hydrogen-bond donors (Lipinski definition) is 1. The maximum absolute atomic E-state index is 12.9. The fraction of sp³-hybridized carbons (Fsp3) is 0.429. The highest BCUT2D eigenvalue weighted by Crippen LogP contribution is 2.18. The SMILES string of the molecule is COCCNCCC=CCc1ccc(F)cc1Br. The molecule has 100 valence electrons. The molecule has 1 aromatic carbocycles. The standard InChI is InChI=1S/C14H19BrFNO/c1-18-10-9-17-8-4-2-3-5-12-6-7-13(16)11-14(12)15/h2-3,6-7,11,17H,4-5,8-10H2,1H3. The van der Waals surface area contributed by atoms with Gasteiger partial charge in [0.05, 0.1) is 6.61 Å². The van der Waals surface area contributed by atoms with E-state index in [-0.39, 0.29) is 5.82 Å². The second-order valence-electron chi connectivity index (χ2n) is 3.94. The maximum atomic E-state index is 12.9. The van der Waals surface area contributed by atoms with Crippen LogP contribution in [-0.2, 0) is 11.2 Å². The Bertz CT molecular complexity index is 382. The molecule has 0 aromatic heterocycles. The summed E-state index contributed by atoms with van der Waals surface area (Å²) in [7, 11) is 1.70. The molecule has 1 aromatic rings. The van der Waals surface area contributed by atoms with Gasteiger partial charge in [0, 0.05) is 18.1 Å². The van der Waals surface area contributed by atoms with E-state index in [1.807, 2.05) is 0 Å². The number of benzene rings is 1. The first-order chi connectivity index (χ1) is 8.74. The van der Waals surface area contributed by atoms with Gasteiger partial charge in [0.1, 0.15) is 5.82 Å². The van der Waals surface area contributed by atoms with Crippen molar-refractivity contribution in [2.45, 2.75) is 12.8 Å². The lowest BCUT2D eigenvalue weighted by molar-refractivity contribution is 0.199. The van der Waals surface area contributed by atoms with Gasteiger partial charge in [-0.3, -0.25) is 0 Å². The zero-order valence-corrected chi connectivity index (χ0v) is 12.2. The third kappa shape index (κ3) is 6.28. The highest BCUT2D eigenvalue weighted by molar-refractivity contribution is 9.10. The number of allylic oxidation sites excluding steroid dienone is 1. The molecule has 0 saturated heterocycles. The molecule has 0 unspecified atom stereocenters. The van der Waals surface area contributed by atoms with Crippen LogP contribution in [0.1, 0.15) is 12.0 Å². The molecule has 0 saturated carbocycles. The molecule has 18 heavy (non-hydrogen) atoms. The Morgan fingerprint density at radius 3 is 2.89 bits per heavy atom. The summed E-state index contributed by atoms with van der Waals surface area (Å²) in [6.07, 6.45) is 6.05. The van der Waals surface area contributed by atoms with E-state index in [2.05, 4.69) is 33.4 Å². The highest BCUT2D eigenvalue weighted by Gasteiger charge is 1.98. The van der Waals surface area contributed by atoms with Crippen LogP contribution in [0.4, 0.5) is 4.39 Å². The molecule has 0 aliphatic heterocycles. The molecule has 0 fully saturated rings. The minimum absolute atomic E-state index is 0.211. The molecule has 0 amide bonds. The van der Waals surface area contributed by atoms with Crippen LogP contribution in [0, 0.1) is 5.82 Å². The lowest BCUT2D eigenvalue weighted by atomic mass is 10.1. The molecule has 0 atom stereocenters. The van der Waals surface area contributed by atoms with Crippen LogP contribution in [0.5, 0.6) is 0 Å².